The highest BCUT2D eigenvalue weighted by Gasteiger charge is 2.43. The van der Waals surface area contributed by atoms with Crippen molar-refractivity contribution in [3.8, 4) is 11.1 Å². The number of carbonyl (C=O) groups excluding carboxylic acids is 2. The van der Waals surface area contributed by atoms with Gasteiger partial charge in [0.2, 0.25) is 5.91 Å². The van der Waals surface area contributed by atoms with Crippen LogP contribution in [0.5, 0.6) is 0 Å². The van der Waals surface area contributed by atoms with E-state index in [1.165, 1.54) is 16.0 Å². The van der Waals surface area contributed by atoms with E-state index in [4.69, 9.17) is 4.74 Å². The van der Waals surface area contributed by atoms with Crippen molar-refractivity contribution < 1.29 is 24.2 Å². The van der Waals surface area contributed by atoms with Crippen molar-refractivity contribution in [3.05, 3.63) is 59.7 Å². The molecule has 2 aromatic rings. The Bertz CT molecular complexity index is 1090. The third kappa shape index (κ3) is 4.40. The van der Waals surface area contributed by atoms with Crippen LogP contribution in [0, 0.1) is 11.8 Å². The third-order valence-electron chi connectivity index (χ3n) is 7.95. The van der Waals surface area contributed by atoms with E-state index < -0.39 is 24.0 Å². The molecule has 4 atom stereocenters. The maximum absolute atomic E-state index is 13.4. The largest absolute Gasteiger partial charge is 0.480 e. The number of carboxylic acid groups (broad SMARTS) is 1. The van der Waals surface area contributed by atoms with Gasteiger partial charge in [0.05, 0.1) is 5.92 Å². The van der Waals surface area contributed by atoms with Crippen LogP contribution >= 0.6 is 0 Å². The highest BCUT2D eigenvalue weighted by Crippen LogP contribution is 2.44. The van der Waals surface area contributed by atoms with Gasteiger partial charge in [-0.2, -0.15) is 0 Å². The van der Waals surface area contributed by atoms with Crippen LogP contribution in [0.2, 0.25) is 0 Å². The molecule has 1 saturated heterocycles. The molecular weight excluding hydrogens is 444 g/mol. The van der Waals surface area contributed by atoms with E-state index >= 15 is 0 Å². The van der Waals surface area contributed by atoms with Crippen LogP contribution in [-0.4, -0.2) is 53.2 Å². The molecule has 2 amide bonds. The van der Waals surface area contributed by atoms with Gasteiger partial charge in [-0.1, -0.05) is 61.9 Å². The molecule has 2 aliphatic carbocycles. The second-order valence-corrected chi connectivity index (χ2v) is 10.0. The van der Waals surface area contributed by atoms with Crippen LogP contribution in [0.1, 0.15) is 56.1 Å². The van der Waals surface area contributed by atoms with Crippen LogP contribution in [0.15, 0.2) is 48.5 Å². The van der Waals surface area contributed by atoms with Crippen LogP contribution < -0.4 is 5.32 Å². The molecule has 7 heteroatoms. The number of likely N-dealkylation sites (tertiary alicyclic amines) is 1. The van der Waals surface area contributed by atoms with Gasteiger partial charge in [-0.25, -0.2) is 9.59 Å². The van der Waals surface area contributed by atoms with Crippen LogP contribution in [-0.2, 0) is 14.3 Å². The Morgan fingerprint density at radius 3 is 2.29 bits per heavy atom. The number of ether oxygens (including phenoxy) is 1. The first-order valence-electron chi connectivity index (χ1n) is 12.6. The lowest BCUT2D eigenvalue weighted by Crippen LogP contribution is -2.55. The Kier molecular flexibility index (Phi) is 6.50. The monoisotopic (exact) mass is 476 g/mol. The molecule has 0 radical (unpaired) electrons. The fourth-order valence-corrected chi connectivity index (χ4v) is 6.24. The number of piperidine rings is 1. The lowest BCUT2D eigenvalue weighted by Gasteiger charge is -2.39. The number of hydrogen-bond acceptors (Lipinski definition) is 4. The van der Waals surface area contributed by atoms with Gasteiger partial charge in [0.15, 0.2) is 0 Å². The van der Waals surface area contributed by atoms with Crippen LogP contribution in [0.4, 0.5) is 4.79 Å². The minimum absolute atomic E-state index is 0.0275. The standard InChI is InChI=1S/C28H32N2O5/c1-17-8-7-15-30(25(17)27(32)33)26(31)22-13-6-14-24(22)29-28(34)35-16-23-20-11-4-2-9-18(20)19-10-3-5-12-21(19)23/h2-5,9-12,17,22-25H,6-8,13-16H2,1H3,(H,29,34)(H,32,33)/t17?,22-,24+,25?/m1/s1. The Balaban J connectivity index is 1.23. The van der Waals surface area contributed by atoms with Crippen LogP contribution in [0.25, 0.3) is 11.1 Å². The van der Waals surface area contributed by atoms with Gasteiger partial charge >= 0.3 is 12.1 Å². The lowest BCUT2D eigenvalue weighted by atomic mass is 9.89. The molecule has 184 valence electrons. The van der Waals surface area contributed by atoms with Crippen molar-refractivity contribution in [2.75, 3.05) is 13.2 Å². The minimum atomic E-state index is -0.954. The number of nitrogens with one attached hydrogen (secondary N) is 1. The van der Waals surface area contributed by atoms with E-state index in [0.29, 0.717) is 19.4 Å². The molecule has 5 rings (SSSR count). The molecule has 7 nitrogen and oxygen atoms in total. The molecule has 35 heavy (non-hydrogen) atoms. The van der Waals surface area contributed by atoms with Crippen molar-refractivity contribution in [3.63, 3.8) is 0 Å². The number of alkyl carbamates (subject to hydrolysis) is 1. The van der Waals surface area contributed by atoms with E-state index in [1.54, 1.807) is 0 Å². The molecular formula is C28H32N2O5. The predicted octanol–water partition coefficient (Wildman–Crippen LogP) is 4.41. The van der Waals surface area contributed by atoms with Gasteiger partial charge < -0.3 is 20.1 Å². The maximum atomic E-state index is 13.4. The number of nitrogens with zero attached hydrogens (tertiary/aromatic N) is 1. The molecule has 2 aromatic carbocycles. The summed E-state index contributed by atoms with van der Waals surface area (Å²) in [5.74, 6) is -1.64. The summed E-state index contributed by atoms with van der Waals surface area (Å²) >= 11 is 0. The van der Waals surface area contributed by atoms with Crippen LogP contribution in [0.3, 0.4) is 0 Å². The summed E-state index contributed by atoms with van der Waals surface area (Å²) in [6.07, 6.45) is 3.21. The van der Waals surface area contributed by atoms with Crippen molar-refractivity contribution >= 4 is 18.0 Å². The summed E-state index contributed by atoms with van der Waals surface area (Å²) in [7, 11) is 0. The minimum Gasteiger partial charge on any atom is -0.480 e. The molecule has 2 unspecified atom stereocenters. The van der Waals surface area contributed by atoms with E-state index in [9.17, 15) is 19.5 Å². The molecule has 3 aliphatic rings. The van der Waals surface area contributed by atoms with E-state index in [1.807, 2.05) is 31.2 Å². The average Bonchev–Trinajstić information content (AvgIpc) is 3.44. The molecule has 1 heterocycles. The summed E-state index contributed by atoms with van der Waals surface area (Å²) in [5.41, 5.74) is 4.63. The van der Waals surface area contributed by atoms with E-state index in [2.05, 4.69) is 29.6 Å². The van der Waals surface area contributed by atoms with Gasteiger partial charge in [-0.05, 0) is 53.9 Å². The smallest absolute Gasteiger partial charge is 0.407 e. The fraction of sp³-hybridized carbons (Fsp3) is 0.464. The number of hydrogen-bond donors (Lipinski definition) is 2. The molecule has 1 saturated carbocycles. The number of benzene rings is 2. The van der Waals surface area contributed by atoms with Crippen molar-refractivity contribution in [1.29, 1.82) is 0 Å². The van der Waals surface area contributed by atoms with Crippen molar-refractivity contribution in [2.45, 2.75) is 57.0 Å². The predicted molar refractivity (Wildman–Crippen MR) is 131 cm³/mol. The normalized spacial score (nSPS) is 25.6. The summed E-state index contributed by atoms with van der Waals surface area (Å²) in [6.45, 7) is 2.56. The molecule has 0 aromatic heterocycles. The summed E-state index contributed by atoms with van der Waals surface area (Å²) in [6, 6.07) is 15.2. The molecule has 0 spiro atoms. The SMILES string of the molecule is CC1CCCN(C(=O)[C@@H]2CCC[C@@H]2NC(=O)OCC2c3ccccc3-c3ccccc32)C1C(=O)O. The van der Waals surface area contributed by atoms with Gasteiger partial charge in [0.25, 0.3) is 0 Å². The second-order valence-electron chi connectivity index (χ2n) is 10.0. The quantitative estimate of drug-likeness (QED) is 0.667. The zero-order chi connectivity index (χ0) is 24.5. The van der Waals surface area contributed by atoms with E-state index in [-0.39, 0.29) is 30.4 Å². The lowest BCUT2D eigenvalue weighted by molar-refractivity contribution is -0.156. The summed E-state index contributed by atoms with van der Waals surface area (Å²) < 4.78 is 5.68. The zero-order valence-electron chi connectivity index (χ0n) is 20.0. The first kappa shape index (κ1) is 23.4. The Hall–Kier alpha value is -3.35. The highest BCUT2D eigenvalue weighted by molar-refractivity contribution is 5.86. The average molecular weight is 477 g/mol. The third-order valence-corrected chi connectivity index (χ3v) is 7.95. The number of fused-ring (bicyclic) bond motifs is 3. The van der Waals surface area contributed by atoms with E-state index in [0.717, 1.165) is 30.4 Å². The Labute approximate surface area is 205 Å². The zero-order valence-corrected chi connectivity index (χ0v) is 20.0. The van der Waals surface area contributed by atoms with Gasteiger partial charge in [0, 0.05) is 18.5 Å². The maximum Gasteiger partial charge on any atom is 0.407 e. The van der Waals surface area contributed by atoms with Gasteiger partial charge in [-0.15, -0.1) is 0 Å². The second kappa shape index (κ2) is 9.72. The number of rotatable bonds is 5. The number of carboxylic acids is 1. The molecule has 1 aliphatic heterocycles. The first-order chi connectivity index (χ1) is 17.0. The van der Waals surface area contributed by atoms with Gasteiger partial charge in [-0.3, -0.25) is 4.79 Å². The Morgan fingerprint density at radius 1 is 0.971 bits per heavy atom. The first-order valence-corrected chi connectivity index (χ1v) is 12.6. The van der Waals surface area contributed by atoms with Crippen molar-refractivity contribution in [1.82, 2.24) is 10.2 Å². The summed E-state index contributed by atoms with van der Waals surface area (Å²) in [5, 5.41) is 12.6. The molecule has 2 fully saturated rings. The topological polar surface area (TPSA) is 95.9 Å². The fourth-order valence-electron chi connectivity index (χ4n) is 6.24. The number of carbonyl (C=O) groups is 3. The number of amides is 2. The van der Waals surface area contributed by atoms with Crippen molar-refractivity contribution in [2.24, 2.45) is 11.8 Å². The van der Waals surface area contributed by atoms with Gasteiger partial charge in [0.1, 0.15) is 12.6 Å². The highest BCUT2D eigenvalue weighted by atomic mass is 16.5. The summed E-state index contributed by atoms with van der Waals surface area (Å²) in [4.78, 5) is 39.5. The Morgan fingerprint density at radius 2 is 1.63 bits per heavy atom. The number of aliphatic carboxylic acids is 1. The molecule has 2 N–H and O–H groups in total. The molecule has 0 bridgehead atoms.